The lowest BCUT2D eigenvalue weighted by atomic mass is 10.1. The second-order valence-electron chi connectivity index (χ2n) is 3.55. The Kier molecular flexibility index (Phi) is 7.33. The maximum atomic E-state index is 10.7. The molecular formula is C10H17BrO5. The first-order chi connectivity index (χ1) is 7.08. The third-order valence-corrected chi connectivity index (χ3v) is 2.12. The van der Waals surface area contributed by atoms with Crippen molar-refractivity contribution in [1.82, 2.24) is 0 Å². The first-order valence-corrected chi connectivity index (χ1v) is 5.00. The van der Waals surface area contributed by atoms with Gasteiger partial charge in [-0.3, -0.25) is 9.59 Å². The van der Waals surface area contributed by atoms with E-state index in [1.165, 1.54) is 13.8 Å². The van der Waals surface area contributed by atoms with Crippen LogP contribution in [0.15, 0.2) is 0 Å². The molecule has 0 N–H and O–H groups in total. The van der Waals surface area contributed by atoms with Gasteiger partial charge in [0.2, 0.25) is 0 Å². The molecule has 1 fully saturated rings. The Hall–Kier alpha value is -0.620. The topological polar surface area (TPSA) is 61.8 Å². The Balaban J connectivity index is 0.00000225. The molecule has 0 aliphatic carbocycles. The Labute approximate surface area is 105 Å². The van der Waals surface area contributed by atoms with Crippen molar-refractivity contribution in [3.8, 4) is 0 Å². The minimum Gasteiger partial charge on any atom is -0.463 e. The Morgan fingerprint density at radius 3 is 2.56 bits per heavy atom. The monoisotopic (exact) mass is 296 g/mol. The fourth-order valence-corrected chi connectivity index (χ4v) is 1.51. The van der Waals surface area contributed by atoms with E-state index in [4.69, 9.17) is 14.2 Å². The fourth-order valence-electron chi connectivity index (χ4n) is 1.51. The molecule has 16 heavy (non-hydrogen) atoms. The second-order valence-corrected chi connectivity index (χ2v) is 3.55. The van der Waals surface area contributed by atoms with Crippen molar-refractivity contribution in [2.24, 2.45) is 0 Å². The van der Waals surface area contributed by atoms with Crippen molar-refractivity contribution in [1.29, 1.82) is 0 Å². The average molecular weight is 297 g/mol. The zero-order valence-corrected chi connectivity index (χ0v) is 11.1. The number of halogens is 1. The van der Waals surface area contributed by atoms with E-state index in [2.05, 4.69) is 0 Å². The van der Waals surface area contributed by atoms with Crippen LogP contribution in [0.1, 0.15) is 26.7 Å². The molecule has 2 atom stereocenters. The summed E-state index contributed by atoms with van der Waals surface area (Å²) in [6.45, 7) is 3.50. The first-order valence-electron chi connectivity index (χ1n) is 5.00. The fraction of sp³-hybridized carbons (Fsp3) is 0.800. The largest absolute Gasteiger partial charge is 0.463 e. The first kappa shape index (κ1) is 15.4. The summed E-state index contributed by atoms with van der Waals surface area (Å²) in [7, 11) is 0. The Bertz CT molecular complexity index is 243. The lowest BCUT2D eigenvalue weighted by Gasteiger charge is -2.28. The van der Waals surface area contributed by atoms with Gasteiger partial charge in [-0.25, -0.2) is 0 Å². The van der Waals surface area contributed by atoms with Gasteiger partial charge < -0.3 is 14.2 Å². The Morgan fingerprint density at radius 2 is 2.00 bits per heavy atom. The van der Waals surface area contributed by atoms with Gasteiger partial charge in [-0.2, -0.15) is 0 Å². The van der Waals surface area contributed by atoms with Gasteiger partial charge >= 0.3 is 11.9 Å². The van der Waals surface area contributed by atoms with Crippen molar-refractivity contribution in [2.45, 2.75) is 38.9 Å². The molecule has 0 saturated carbocycles. The lowest BCUT2D eigenvalue weighted by Crippen LogP contribution is -2.35. The molecular weight excluding hydrogens is 280 g/mol. The SMILES string of the molecule is Br.CC(=O)OCC1CC(OC(C)=O)CCO1. The molecule has 0 amide bonds. The number of esters is 2. The molecule has 0 aromatic heterocycles. The highest BCUT2D eigenvalue weighted by molar-refractivity contribution is 8.93. The van der Waals surface area contributed by atoms with Crippen LogP contribution in [0.3, 0.4) is 0 Å². The third-order valence-electron chi connectivity index (χ3n) is 2.12. The zero-order valence-electron chi connectivity index (χ0n) is 9.43. The molecule has 5 nitrogen and oxygen atoms in total. The highest BCUT2D eigenvalue weighted by atomic mass is 79.9. The molecule has 2 unspecified atom stereocenters. The van der Waals surface area contributed by atoms with Crippen LogP contribution < -0.4 is 0 Å². The van der Waals surface area contributed by atoms with E-state index in [0.717, 1.165) is 0 Å². The molecule has 0 aromatic carbocycles. The van der Waals surface area contributed by atoms with E-state index < -0.39 is 0 Å². The van der Waals surface area contributed by atoms with E-state index in [0.29, 0.717) is 19.4 Å². The van der Waals surface area contributed by atoms with E-state index in [9.17, 15) is 9.59 Å². The van der Waals surface area contributed by atoms with Gasteiger partial charge in [-0.05, 0) is 0 Å². The normalized spacial score (nSPS) is 24.1. The van der Waals surface area contributed by atoms with Gasteiger partial charge in [-0.15, -0.1) is 17.0 Å². The smallest absolute Gasteiger partial charge is 0.302 e. The van der Waals surface area contributed by atoms with Crippen molar-refractivity contribution in [2.75, 3.05) is 13.2 Å². The number of rotatable bonds is 3. The van der Waals surface area contributed by atoms with Crippen LogP contribution in [0.25, 0.3) is 0 Å². The molecule has 1 aliphatic rings. The zero-order chi connectivity index (χ0) is 11.3. The Morgan fingerprint density at radius 1 is 1.31 bits per heavy atom. The van der Waals surface area contributed by atoms with Gasteiger partial charge in [0, 0.05) is 26.7 Å². The maximum Gasteiger partial charge on any atom is 0.302 e. The van der Waals surface area contributed by atoms with Crippen LogP contribution in [0.4, 0.5) is 0 Å². The molecule has 94 valence electrons. The molecule has 0 bridgehead atoms. The quantitative estimate of drug-likeness (QED) is 0.733. The van der Waals surface area contributed by atoms with E-state index >= 15 is 0 Å². The molecule has 1 heterocycles. The molecule has 0 aromatic rings. The summed E-state index contributed by atoms with van der Waals surface area (Å²) in [6.07, 6.45) is 1.02. The van der Waals surface area contributed by atoms with E-state index in [1.807, 2.05) is 0 Å². The predicted molar refractivity (Wildman–Crippen MR) is 61.5 cm³/mol. The summed E-state index contributed by atoms with van der Waals surface area (Å²) in [5, 5.41) is 0. The maximum absolute atomic E-state index is 10.7. The molecule has 0 spiro atoms. The number of carbonyl (C=O) groups is 2. The minimum atomic E-state index is -0.326. The molecule has 1 saturated heterocycles. The predicted octanol–water partition coefficient (Wildman–Crippen LogP) is 1.24. The number of hydrogen-bond donors (Lipinski definition) is 0. The van der Waals surface area contributed by atoms with Crippen LogP contribution in [-0.4, -0.2) is 37.4 Å². The van der Waals surface area contributed by atoms with Crippen molar-refractivity contribution in [3.05, 3.63) is 0 Å². The number of carbonyl (C=O) groups excluding carboxylic acids is 2. The summed E-state index contributed by atoms with van der Waals surface area (Å²) >= 11 is 0. The van der Waals surface area contributed by atoms with Crippen LogP contribution >= 0.6 is 17.0 Å². The second kappa shape index (κ2) is 7.62. The minimum absolute atomic E-state index is 0. The standard InChI is InChI=1S/C10H16O5.BrH/c1-7(11)14-6-10-5-9(3-4-13-10)15-8(2)12;/h9-10H,3-6H2,1-2H3;1H. The molecule has 0 radical (unpaired) electrons. The van der Waals surface area contributed by atoms with Crippen molar-refractivity contribution < 1.29 is 23.8 Å². The lowest BCUT2D eigenvalue weighted by molar-refractivity contribution is -0.160. The van der Waals surface area contributed by atoms with Crippen LogP contribution in [0.5, 0.6) is 0 Å². The summed E-state index contributed by atoms with van der Waals surface area (Å²) in [4.78, 5) is 21.3. The molecule has 1 aliphatic heterocycles. The van der Waals surface area contributed by atoms with Crippen LogP contribution in [0, 0.1) is 0 Å². The van der Waals surface area contributed by atoms with Crippen molar-refractivity contribution in [3.63, 3.8) is 0 Å². The van der Waals surface area contributed by atoms with Crippen LogP contribution in [-0.2, 0) is 23.8 Å². The van der Waals surface area contributed by atoms with Gasteiger partial charge in [0.1, 0.15) is 12.7 Å². The number of hydrogen-bond acceptors (Lipinski definition) is 5. The molecule has 1 rings (SSSR count). The van der Waals surface area contributed by atoms with Crippen molar-refractivity contribution >= 4 is 28.9 Å². The van der Waals surface area contributed by atoms with Gasteiger partial charge in [0.05, 0.1) is 12.7 Å². The third kappa shape index (κ3) is 6.07. The highest BCUT2D eigenvalue weighted by Crippen LogP contribution is 2.17. The molecule has 6 heteroatoms. The van der Waals surface area contributed by atoms with Gasteiger partial charge in [0.25, 0.3) is 0 Å². The number of ether oxygens (including phenoxy) is 3. The van der Waals surface area contributed by atoms with E-state index in [1.54, 1.807) is 0 Å². The van der Waals surface area contributed by atoms with Gasteiger partial charge in [0.15, 0.2) is 0 Å². The summed E-state index contributed by atoms with van der Waals surface area (Å²) in [6, 6.07) is 0. The summed E-state index contributed by atoms with van der Waals surface area (Å²) < 4.78 is 15.3. The summed E-state index contributed by atoms with van der Waals surface area (Å²) in [5.41, 5.74) is 0. The highest BCUT2D eigenvalue weighted by Gasteiger charge is 2.25. The van der Waals surface area contributed by atoms with Crippen LogP contribution in [0.2, 0.25) is 0 Å². The van der Waals surface area contributed by atoms with Gasteiger partial charge in [-0.1, -0.05) is 0 Å². The average Bonchev–Trinajstić information content (AvgIpc) is 2.14. The summed E-state index contributed by atoms with van der Waals surface area (Å²) in [5.74, 6) is -0.610. The van der Waals surface area contributed by atoms with E-state index in [-0.39, 0.29) is 47.7 Å².